The van der Waals surface area contributed by atoms with E-state index < -0.39 is 5.60 Å². The van der Waals surface area contributed by atoms with Crippen LogP contribution in [0.5, 0.6) is 0 Å². The topological polar surface area (TPSA) is 60.8 Å². The SMILES string of the molecule is Cc1ccc(-n2c(-c3cn(C)c4ccc(C(C)(C)O)cc34)cc3c4c(cnc32)cnn4C)cc1. The van der Waals surface area contributed by atoms with Crippen molar-refractivity contribution in [3.63, 3.8) is 0 Å². The van der Waals surface area contributed by atoms with Gasteiger partial charge in [-0.15, -0.1) is 0 Å². The Bertz CT molecular complexity index is 1710. The van der Waals surface area contributed by atoms with Crippen molar-refractivity contribution in [3.05, 3.63) is 78.2 Å². The Balaban J connectivity index is 1.74. The van der Waals surface area contributed by atoms with E-state index in [-0.39, 0.29) is 0 Å². The minimum absolute atomic E-state index is 0.887. The van der Waals surface area contributed by atoms with Crippen LogP contribution >= 0.6 is 0 Å². The van der Waals surface area contributed by atoms with E-state index in [1.54, 1.807) is 0 Å². The van der Waals surface area contributed by atoms with Crippen LogP contribution in [-0.2, 0) is 19.7 Å². The number of aryl methyl sites for hydroxylation is 3. The van der Waals surface area contributed by atoms with Gasteiger partial charge in [-0.2, -0.15) is 5.10 Å². The van der Waals surface area contributed by atoms with Crippen LogP contribution in [0.25, 0.3) is 49.8 Å². The summed E-state index contributed by atoms with van der Waals surface area (Å²) in [5, 5.41) is 18.3. The standard InChI is InChI=1S/C28H27N5O/c1-17-6-9-20(10-7-17)33-25(13-22-26-18(14-29-27(22)33)15-30-32(26)5)23-16-31(4)24-11-8-19(12-21(23)24)28(2,3)34/h6-16,34H,1-5H3. The van der Waals surface area contributed by atoms with Gasteiger partial charge in [0.15, 0.2) is 0 Å². The number of pyridine rings is 1. The second-order valence-electron chi connectivity index (χ2n) is 9.71. The van der Waals surface area contributed by atoms with Crippen molar-refractivity contribution < 1.29 is 5.11 Å². The van der Waals surface area contributed by atoms with Crippen LogP contribution in [-0.4, -0.2) is 29.0 Å². The zero-order valence-corrected chi connectivity index (χ0v) is 20.0. The van der Waals surface area contributed by atoms with E-state index in [1.165, 1.54) is 5.56 Å². The second kappa shape index (κ2) is 7.05. The number of hydrogen-bond donors (Lipinski definition) is 1. The molecule has 0 unspecified atom stereocenters. The summed E-state index contributed by atoms with van der Waals surface area (Å²) in [5.74, 6) is 0. The summed E-state index contributed by atoms with van der Waals surface area (Å²) in [6, 6.07) is 16.9. The summed E-state index contributed by atoms with van der Waals surface area (Å²) in [6.45, 7) is 5.74. The Morgan fingerprint density at radius 3 is 2.41 bits per heavy atom. The zero-order chi connectivity index (χ0) is 23.8. The van der Waals surface area contributed by atoms with E-state index in [4.69, 9.17) is 4.98 Å². The highest BCUT2D eigenvalue weighted by Crippen LogP contribution is 2.39. The lowest BCUT2D eigenvalue weighted by atomic mass is 9.96. The van der Waals surface area contributed by atoms with Crippen LogP contribution < -0.4 is 0 Å². The summed E-state index contributed by atoms with van der Waals surface area (Å²) in [6.07, 6.45) is 5.92. The molecular formula is C28H27N5O. The van der Waals surface area contributed by atoms with Gasteiger partial charge in [0, 0.05) is 59.4 Å². The third kappa shape index (κ3) is 2.99. The molecule has 170 valence electrons. The Labute approximate surface area is 197 Å². The predicted molar refractivity (Wildman–Crippen MR) is 137 cm³/mol. The van der Waals surface area contributed by atoms with Gasteiger partial charge in [0.05, 0.1) is 23.0 Å². The molecule has 6 heteroatoms. The van der Waals surface area contributed by atoms with E-state index in [0.717, 1.165) is 55.3 Å². The predicted octanol–water partition coefficient (Wildman–Crippen LogP) is 5.61. The van der Waals surface area contributed by atoms with Gasteiger partial charge in [0.1, 0.15) is 5.65 Å². The maximum Gasteiger partial charge on any atom is 0.147 e. The molecule has 2 aromatic carbocycles. The summed E-state index contributed by atoms with van der Waals surface area (Å²) in [4.78, 5) is 4.87. The molecule has 6 rings (SSSR count). The van der Waals surface area contributed by atoms with Crippen molar-refractivity contribution in [2.75, 3.05) is 0 Å². The van der Waals surface area contributed by atoms with E-state index in [1.807, 2.05) is 44.0 Å². The number of hydrogen-bond acceptors (Lipinski definition) is 3. The molecule has 0 amide bonds. The molecule has 0 bridgehead atoms. The molecule has 0 saturated heterocycles. The largest absolute Gasteiger partial charge is 0.386 e. The molecule has 0 saturated carbocycles. The first-order chi connectivity index (χ1) is 16.2. The molecule has 0 fully saturated rings. The molecule has 0 aliphatic heterocycles. The van der Waals surface area contributed by atoms with Crippen molar-refractivity contribution in [2.45, 2.75) is 26.4 Å². The average molecular weight is 450 g/mol. The first-order valence-corrected chi connectivity index (χ1v) is 11.4. The highest BCUT2D eigenvalue weighted by molar-refractivity contribution is 6.07. The maximum atomic E-state index is 10.7. The van der Waals surface area contributed by atoms with Gasteiger partial charge in [-0.1, -0.05) is 23.8 Å². The van der Waals surface area contributed by atoms with E-state index in [9.17, 15) is 5.11 Å². The summed E-state index contributed by atoms with van der Waals surface area (Å²) in [7, 11) is 4.03. The van der Waals surface area contributed by atoms with Gasteiger partial charge in [-0.25, -0.2) is 4.98 Å². The van der Waals surface area contributed by atoms with Crippen molar-refractivity contribution in [1.82, 2.24) is 23.9 Å². The number of aliphatic hydroxyl groups is 1. The van der Waals surface area contributed by atoms with E-state index in [0.29, 0.717) is 0 Å². The van der Waals surface area contributed by atoms with Crippen LogP contribution in [0.4, 0.5) is 0 Å². The monoisotopic (exact) mass is 449 g/mol. The number of fused-ring (bicyclic) bond motifs is 4. The van der Waals surface area contributed by atoms with Crippen LogP contribution in [0.1, 0.15) is 25.0 Å². The molecule has 6 nitrogen and oxygen atoms in total. The minimum atomic E-state index is -0.923. The zero-order valence-electron chi connectivity index (χ0n) is 20.0. The summed E-state index contributed by atoms with van der Waals surface area (Å²) < 4.78 is 6.29. The third-order valence-electron chi connectivity index (χ3n) is 6.79. The lowest BCUT2D eigenvalue weighted by Crippen LogP contribution is -2.15. The van der Waals surface area contributed by atoms with Gasteiger partial charge in [-0.05, 0) is 56.7 Å². The lowest BCUT2D eigenvalue weighted by Gasteiger charge is -2.18. The Kier molecular flexibility index (Phi) is 4.29. The molecule has 4 heterocycles. The van der Waals surface area contributed by atoms with E-state index >= 15 is 0 Å². The van der Waals surface area contributed by atoms with Gasteiger partial charge in [0.2, 0.25) is 0 Å². The fraction of sp³-hybridized carbons (Fsp3) is 0.214. The molecule has 0 aliphatic carbocycles. The van der Waals surface area contributed by atoms with Gasteiger partial charge in [0.25, 0.3) is 0 Å². The molecule has 6 aromatic rings. The van der Waals surface area contributed by atoms with E-state index in [2.05, 4.69) is 76.9 Å². The maximum absolute atomic E-state index is 10.7. The normalized spacial score (nSPS) is 12.4. The third-order valence-corrected chi connectivity index (χ3v) is 6.79. The molecule has 0 spiro atoms. The van der Waals surface area contributed by atoms with Crippen LogP contribution in [0.15, 0.2) is 67.1 Å². The average Bonchev–Trinajstić information content (AvgIpc) is 3.46. The Hall–Kier alpha value is -3.90. The molecule has 0 atom stereocenters. The highest BCUT2D eigenvalue weighted by atomic mass is 16.3. The number of aromatic nitrogens is 5. The molecule has 0 radical (unpaired) electrons. The van der Waals surface area contributed by atoms with Gasteiger partial charge >= 0.3 is 0 Å². The van der Waals surface area contributed by atoms with Crippen LogP contribution in [0.2, 0.25) is 0 Å². The van der Waals surface area contributed by atoms with Gasteiger partial charge < -0.3 is 9.67 Å². The molecule has 4 aromatic heterocycles. The second-order valence-corrected chi connectivity index (χ2v) is 9.71. The number of nitrogens with zero attached hydrogens (tertiary/aromatic N) is 5. The van der Waals surface area contributed by atoms with Crippen LogP contribution in [0.3, 0.4) is 0 Å². The summed E-state index contributed by atoms with van der Waals surface area (Å²) >= 11 is 0. The van der Waals surface area contributed by atoms with Crippen molar-refractivity contribution in [2.24, 2.45) is 14.1 Å². The Morgan fingerprint density at radius 2 is 1.68 bits per heavy atom. The van der Waals surface area contributed by atoms with Crippen molar-refractivity contribution >= 4 is 32.8 Å². The van der Waals surface area contributed by atoms with Crippen molar-refractivity contribution in [3.8, 4) is 16.9 Å². The van der Waals surface area contributed by atoms with Crippen LogP contribution in [0, 0.1) is 6.92 Å². The number of rotatable bonds is 3. The molecule has 0 aliphatic rings. The first kappa shape index (κ1) is 20.7. The quantitative estimate of drug-likeness (QED) is 0.382. The van der Waals surface area contributed by atoms with Crippen molar-refractivity contribution in [1.29, 1.82) is 0 Å². The minimum Gasteiger partial charge on any atom is -0.386 e. The highest BCUT2D eigenvalue weighted by Gasteiger charge is 2.22. The number of benzene rings is 2. The van der Waals surface area contributed by atoms with Gasteiger partial charge in [-0.3, -0.25) is 9.25 Å². The fourth-order valence-electron chi connectivity index (χ4n) is 4.94. The summed E-state index contributed by atoms with van der Waals surface area (Å²) in [5.41, 5.74) is 7.45. The molecule has 1 N–H and O–H groups in total. The fourth-order valence-corrected chi connectivity index (χ4v) is 4.94. The smallest absolute Gasteiger partial charge is 0.147 e. The lowest BCUT2D eigenvalue weighted by molar-refractivity contribution is 0.0787. The first-order valence-electron chi connectivity index (χ1n) is 11.4. The Morgan fingerprint density at radius 1 is 0.912 bits per heavy atom. The molecular weight excluding hydrogens is 422 g/mol. The molecule has 34 heavy (non-hydrogen) atoms.